The van der Waals surface area contributed by atoms with E-state index in [9.17, 15) is 9.18 Å². The van der Waals surface area contributed by atoms with Gasteiger partial charge in [0.25, 0.3) is 5.91 Å². The molecule has 4 rings (SSSR count). The lowest BCUT2D eigenvalue weighted by Gasteiger charge is -2.11. The summed E-state index contributed by atoms with van der Waals surface area (Å²) in [6.07, 6.45) is 0. The smallest absolute Gasteiger partial charge is 0.250 e. The zero-order valence-corrected chi connectivity index (χ0v) is 20.3. The number of hydrogen-bond acceptors (Lipinski definition) is 6. The minimum Gasteiger partial charge on any atom is -0.497 e. The molecule has 0 spiro atoms. The number of carbonyl (C=O) groups is 1. The Morgan fingerprint density at radius 3 is 2.37 bits per heavy atom. The third kappa shape index (κ3) is 5.93. The van der Waals surface area contributed by atoms with Crippen LogP contribution < -0.4 is 10.2 Å². The van der Waals surface area contributed by atoms with E-state index in [2.05, 4.69) is 20.7 Å². The van der Waals surface area contributed by atoms with Crippen LogP contribution in [0.2, 0.25) is 0 Å². The molecule has 1 N–H and O–H groups in total. The van der Waals surface area contributed by atoms with Crippen LogP contribution in [-0.4, -0.2) is 39.2 Å². The van der Waals surface area contributed by atoms with Gasteiger partial charge in [-0.1, -0.05) is 41.6 Å². The second-order valence-corrected chi connectivity index (χ2v) is 8.68. The van der Waals surface area contributed by atoms with Gasteiger partial charge in [0.15, 0.2) is 11.0 Å². The van der Waals surface area contributed by atoms with Gasteiger partial charge in [-0.15, -0.1) is 10.2 Å². The van der Waals surface area contributed by atoms with Crippen LogP contribution in [0.5, 0.6) is 5.75 Å². The highest BCUT2D eigenvalue weighted by Gasteiger charge is 2.17. The molecule has 7 nitrogen and oxygen atoms in total. The molecule has 1 heterocycles. The number of hydrogen-bond donors (Lipinski definition) is 1. The number of carbonyl (C=O) groups excluding carboxylic acids is 1. The molecule has 3 aromatic carbocycles. The molecule has 0 saturated carbocycles. The van der Waals surface area contributed by atoms with Crippen molar-refractivity contribution in [3.05, 3.63) is 89.7 Å². The molecule has 0 fully saturated rings. The quantitative estimate of drug-likeness (QED) is 0.213. The van der Waals surface area contributed by atoms with Gasteiger partial charge in [0, 0.05) is 11.3 Å². The summed E-state index contributed by atoms with van der Waals surface area (Å²) in [6.45, 7) is 3.77. The first-order chi connectivity index (χ1) is 16.9. The number of aromatic nitrogens is 3. The van der Waals surface area contributed by atoms with Crippen molar-refractivity contribution in [2.24, 2.45) is 5.10 Å². The third-order valence-corrected chi connectivity index (χ3v) is 6.15. The van der Waals surface area contributed by atoms with E-state index in [4.69, 9.17) is 4.74 Å². The van der Waals surface area contributed by atoms with Gasteiger partial charge < -0.3 is 4.74 Å². The Kier molecular flexibility index (Phi) is 7.57. The third-order valence-electron chi connectivity index (χ3n) is 5.22. The lowest BCUT2D eigenvalue weighted by atomic mass is 10.1. The maximum Gasteiger partial charge on any atom is 0.250 e. The molecule has 0 aliphatic rings. The largest absolute Gasteiger partial charge is 0.497 e. The number of methoxy groups -OCH3 is 1. The van der Waals surface area contributed by atoms with Crippen molar-refractivity contribution >= 4 is 23.4 Å². The first kappa shape index (κ1) is 24.2. The van der Waals surface area contributed by atoms with Crippen molar-refractivity contribution in [2.45, 2.75) is 19.0 Å². The van der Waals surface area contributed by atoms with Gasteiger partial charge >= 0.3 is 0 Å². The highest BCUT2D eigenvalue weighted by molar-refractivity contribution is 7.99. The average Bonchev–Trinajstić information content (AvgIpc) is 3.31. The number of halogens is 1. The molecule has 0 aliphatic heterocycles. The van der Waals surface area contributed by atoms with Gasteiger partial charge in [0.05, 0.1) is 18.6 Å². The molecule has 0 unspecified atom stereocenters. The lowest BCUT2D eigenvalue weighted by Crippen LogP contribution is -2.21. The van der Waals surface area contributed by atoms with E-state index in [1.54, 1.807) is 26.2 Å². The maximum absolute atomic E-state index is 13.1. The zero-order chi connectivity index (χ0) is 24.8. The monoisotopic (exact) mass is 489 g/mol. The van der Waals surface area contributed by atoms with Gasteiger partial charge in [-0.25, -0.2) is 9.82 Å². The van der Waals surface area contributed by atoms with Crippen LogP contribution >= 0.6 is 11.8 Å². The summed E-state index contributed by atoms with van der Waals surface area (Å²) in [6, 6.07) is 21.5. The van der Waals surface area contributed by atoms with Crippen molar-refractivity contribution in [3.8, 4) is 22.8 Å². The molecule has 1 amide bonds. The van der Waals surface area contributed by atoms with E-state index in [1.165, 1.54) is 23.9 Å². The van der Waals surface area contributed by atoms with Crippen LogP contribution in [0.25, 0.3) is 17.1 Å². The van der Waals surface area contributed by atoms with E-state index in [1.807, 2.05) is 60.0 Å². The number of thioether (sulfide) groups is 1. The molecule has 0 aliphatic carbocycles. The van der Waals surface area contributed by atoms with Crippen LogP contribution in [-0.2, 0) is 4.79 Å². The summed E-state index contributed by atoms with van der Waals surface area (Å²) in [5, 5.41) is 13.5. The molecular formula is C26H24FN5O2S. The molecule has 178 valence electrons. The number of rotatable bonds is 8. The Balaban J connectivity index is 1.53. The fourth-order valence-electron chi connectivity index (χ4n) is 3.28. The van der Waals surface area contributed by atoms with Crippen molar-refractivity contribution in [2.75, 3.05) is 12.9 Å². The van der Waals surface area contributed by atoms with Gasteiger partial charge in [0.2, 0.25) is 0 Å². The minimum absolute atomic E-state index is 0.0901. The fraction of sp³-hybridized carbons (Fsp3) is 0.154. The normalized spacial score (nSPS) is 11.4. The molecule has 0 bridgehead atoms. The van der Waals surface area contributed by atoms with Crippen molar-refractivity contribution in [1.29, 1.82) is 0 Å². The van der Waals surface area contributed by atoms with E-state index < -0.39 is 0 Å². The highest BCUT2D eigenvalue weighted by atomic mass is 32.2. The topological polar surface area (TPSA) is 81.4 Å². The summed E-state index contributed by atoms with van der Waals surface area (Å²) in [5.74, 6) is 0.879. The summed E-state index contributed by atoms with van der Waals surface area (Å²) < 4.78 is 20.3. The van der Waals surface area contributed by atoms with Crippen LogP contribution in [0.15, 0.2) is 83.1 Å². The summed E-state index contributed by atoms with van der Waals surface area (Å²) in [4.78, 5) is 12.5. The predicted octanol–water partition coefficient (Wildman–Crippen LogP) is 5.02. The van der Waals surface area contributed by atoms with Crippen molar-refractivity contribution in [3.63, 3.8) is 0 Å². The van der Waals surface area contributed by atoms with Crippen LogP contribution in [0, 0.1) is 12.7 Å². The van der Waals surface area contributed by atoms with E-state index >= 15 is 0 Å². The van der Waals surface area contributed by atoms with Gasteiger partial charge in [-0.2, -0.15) is 5.10 Å². The number of nitrogens with zero attached hydrogens (tertiary/aromatic N) is 4. The number of aryl methyl sites for hydroxylation is 1. The van der Waals surface area contributed by atoms with Crippen LogP contribution in [0.4, 0.5) is 4.39 Å². The van der Waals surface area contributed by atoms with Crippen LogP contribution in [0.3, 0.4) is 0 Å². The Morgan fingerprint density at radius 1 is 1.03 bits per heavy atom. The standard InChI is InChI=1S/C26H24FN5O2S/c1-17-4-12-22(13-5-17)32-25(20-8-14-23(34-3)15-9-20)30-31-26(32)35-16-24(33)29-28-18(2)19-6-10-21(27)11-7-19/h4-15H,16H2,1-3H3,(H,29,33)/b28-18+. The van der Waals surface area contributed by atoms with Gasteiger partial charge in [0.1, 0.15) is 11.6 Å². The highest BCUT2D eigenvalue weighted by Crippen LogP contribution is 2.29. The Labute approximate surface area is 207 Å². The second kappa shape index (κ2) is 11.0. The molecule has 4 aromatic rings. The molecule has 0 saturated heterocycles. The fourth-order valence-corrected chi connectivity index (χ4v) is 4.03. The molecular weight excluding hydrogens is 465 g/mol. The number of nitrogens with one attached hydrogen (secondary N) is 1. The number of hydrazone groups is 1. The second-order valence-electron chi connectivity index (χ2n) is 7.73. The minimum atomic E-state index is -0.325. The van der Waals surface area contributed by atoms with Gasteiger partial charge in [-0.05, 0) is 67.9 Å². The van der Waals surface area contributed by atoms with Crippen molar-refractivity contribution in [1.82, 2.24) is 20.2 Å². The Morgan fingerprint density at radius 2 is 1.71 bits per heavy atom. The molecule has 35 heavy (non-hydrogen) atoms. The van der Waals surface area contributed by atoms with E-state index in [0.29, 0.717) is 16.7 Å². The first-order valence-electron chi connectivity index (χ1n) is 10.8. The van der Waals surface area contributed by atoms with Gasteiger partial charge in [-0.3, -0.25) is 9.36 Å². The Hall–Kier alpha value is -3.98. The molecule has 0 radical (unpaired) electrons. The lowest BCUT2D eigenvalue weighted by molar-refractivity contribution is -0.118. The summed E-state index contributed by atoms with van der Waals surface area (Å²) in [7, 11) is 1.62. The SMILES string of the molecule is COc1ccc(-c2nnc(SCC(=O)N/N=C(\C)c3ccc(F)cc3)n2-c2ccc(C)cc2)cc1. The number of amides is 1. The Bertz CT molecular complexity index is 1330. The summed E-state index contributed by atoms with van der Waals surface area (Å²) >= 11 is 1.26. The van der Waals surface area contributed by atoms with Crippen molar-refractivity contribution < 1.29 is 13.9 Å². The molecule has 1 aromatic heterocycles. The van der Waals surface area contributed by atoms with E-state index in [0.717, 1.165) is 28.1 Å². The van der Waals surface area contributed by atoms with E-state index in [-0.39, 0.29) is 17.5 Å². The number of benzene rings is 3. The van der Waals surface area contributed by atoms with Crippen LogP contribution in [0.1, 0.15) is 18.1 Å². The predicted molar refractivity (Wildman–Crippen MR) is 136 cm³/mol. The summed E-state index contributed by atoms with van der Waals surface area (Å²) in [5.41, 5.74) is 6.74. The zero-order valence-electron chi connectivity index (χ0n) is 19.5. The molecule has 0 atom stereocenters. The maximum atomic E-state index is 13.1. The molecule has 9 heteroatoms. The first-order valence-corrected chi connectivity index (χ1v) is 11.8. The number of ether oxygens (including phenoxy) is 1. The average molecular weight is 490 g/mol.